The van der Waals surface area contributed by atoms with Crippen LogP contribution < -0.4 is 5.32 Å². The second-order valence-electron chi connectivity index (χ2n) is 7.67. The van der Waals surface area contributed by atoms with E-state index in [-0.39, 0.29) is 24.7 Å². The molecule has 0 radical (unpaired) electrons. The van der Waals surface area contributed by atoms with E-state index in [2.05, 4.69) is 23.5 Å². The van der Waals surface area contributed by atoms with Gasteiger partial charge in [-0.05, 0) is 41.2 Å². The highest BCUT2D eigenvalue weighted by Gasteiger charge is 2.21. The molecular formula is C27H23NO5. The van der Waals surface area contributed by atoms with Crippen LogP contribution in [0.15, 0.2) is 84.6 Å². The Balaban J connectivity index is 1.25. The quantitative estimate of drug-likeness (QED) is 0.193. The molecule has 0 aromatic heterocycles. The van der Waals surface area contributed by atoms with E-state index in [0.717, 1.165) is 23.1 Å². The fourth-order valence-corrected chi connectivity index (χ4v) is 3.81. The van der Waals surface area contributed by atoms with Gasteiger partial charge >= 0.3 is 12.1 Å². The van der Waals surface area contributed by atoms with Gasteiger partial charge in [0.2, 0.25) is 0 Å². The van der Waals surface area contributed by atoms with E-state index in [1.54, 1.807) is 24.3 Å². The van der Waals surface area contributed by atoms with Crippen molar-refractivity contribution >= 4 is 17.8 Å². The lowest BCUT2D eigenvalue weighted by Gasteiger charge is -2.10. The lowest BCUT2D eigenvalue weighted by molar-refractivity contribution is -0.138. The van der Waals surface area contributed by atoms with Crippen molar-refractivity contribution in [1.82, 2.24) is 5.32 Å². The number of benzene rings is 3. The van der Waals surface area contributed by atoms with Gasteiger partial charge in [0.15, 0.2) is 5.78 Å². The van der Waals surface area contributed by atoms with Gasteiger partial charge < -0.3 is 14.8 Å². The molecule has 6 heteroatoms. The lowest BCUT2D eigenvalue weighted by Crippen LogP contribution is -2.31. The number of allylic oxidation sites excluding steroid dienone is 2. The van der Waals surface area contributed by atoms with Gasteiger partial charge in [-0.15, -0.1) is 0 Å². The Labute approximate surface area is 191 Å². The van der Waals surface area contributed by atoms with Crippen LogP contribution >= 0.6 is 0 Å². The highest BCUT2D eigenvalue weighted by molar-refractivity contribution is 6.04. The second kappa shape index (κ2) is 9.96. The number of nitrogens with one attached hydrogen (secondary N) is 1. The second-order valence-corrected chi connectivity index (χ2v) is 7.67. The Kier molecular flexibility index (Phi) is 6.64. The van der Waals surface area contributed by atoms with Crippen LogP contribution in [-0.4, -0.2) is 24.4 Å². The van der Waals surface area contributed by atoms with Crippen LogP contribution in [0.2, 0.25) is 0 Å². The van der Waals surface area contributed by atoms with Crippen LogP contribution in [0.5, 0.6) is 0 Å². The zero-order chi connectivity index (χ0) is 23.2. The van der Waals surface area contributed by atoms with Crippen molar-refractivity contribution in [2.24, 2.45) is 0 Å². The summed E-state index contributed by atoms with van der Waals surface area (Å²) >= 11 is 0. The minimum absolute atomic E-state index is 0.0998. The topological polar surface area (TPSA) is 81.7 Å². The van der Waals surface area contributed by atoms with Gasteiger partial charge in [-0.1, -0.05) is 72.8 Å². The van der Waals surface area contributed by atoms with Gasteiger partial charge in [-0.3, -0.25) is 4.79 Å². The average Bonchev–Trinajstić information content (AvgIpc) is 3.21. The number of hydrogen-bond donors (Lipinski definition) is 1. The first-order valence-corrected chi connectivity index (χ1v) is 10.6. The van der Waals surface area contributed by atoms with Crippen LogP contribution in [-0.2, 0) is 27.3 Å². The summed E-state index contributed by atoms with van der Waals surface area (Å²) in [7, 11) is 0. The molecule has 0 saturated heterocycles. The van der Waals surface area contributed by atoms with E-state index in [1.165, 1.54) is 24.1 Å². The number of ether oxygens (including phenoxy) is 2. The van der Waals surface area contributed by atoms with Crippen LogP contribution in [0.25, 0.3) is 11.1 Å². The van der Waals surface area contributed by atoms with Crippen molar-refractivity contribution in [2.75, 3.05) is 6.54 Å². The highest BCUT2D eigenvalue weighted by atomic mass is 16.6. The number of rotatable bonds is 7. The van der Waals surface area contributed by atoms with Crippen molar-refractivity contribution in [3.63, 3.8) is 0 Å². The largest absolute Gasteiger partial charge is 0.445 e. The van der Waals surface area contributed by atoms with E-state index in [9.17, 15) is 14.4 Å². The molecule has 4 rings (SSSR count). The first-order chi connectivity index (χ1) is 16.0. The number of alkyl carbamates (subject to hydrolysis) is 1. The number of carbonyl (C=O) groups excluding carboxylic acids is 3. The molecule has 6 nitrogen and oxygen atoms in total. The number of hydrogen-bond acceptors (Lipinski definition) is 5. The summed E-state index contributed by atoms with van der Waals surface area (Å²) in [5.41, 5.74) is 6.18. The molecule has 0 spiro atoms. The molecule has 0 bridgehead atoms. The first-order valence-electron chi connectivity index (χ1n) is 10.6. The van der Waals surface area contributed by atoms with E-state index in [4.69, 9.17) is 9.47 Å². The van der Waals surface area contributed by atoms with Crippen molar-refractivity contribution in [3.05, 3.63) is 107 Å². The summed E-state index contributed by atoms with van der Waals surface area (Å²) in [5.74, 6) is -0.827. The predicted molar refractivity (Wildman–Crippen MR) is 123 cm³/mol. The van der Waals surface area contributed by atoms with E-state index < -0.39 is 12.1 Å². The lowest BCUT2D eigenvalue weighted by atomic mass is 10.0. The maximum atomic E-state index is 12.1. The summed E-state index contributed by atoms with van der Waals surface area (Å²) < 4.78 is 10.4. The molecule has 166 valence electrons. The smallest absolute Gasteiger partial charge is 0.407 e. The first kappa shape index (κ1) is 22.0. The monoisotopic (exact) mass is 441 g/mol. The van der Waals surface area contributed by atoms with Gasteiger partial charge in [-0.25, -0.2) is 9.59 Å². The van der Waals surface area contributed by atoms with Gasteiger partial charge in [0.25, 0.3) is 0 Å². The normalized spacial score (nSPS) is 11.8. The summed E-state index contributed by atoms with van der Waals surface area (Å²) in [6, 6.07) is 22.8. The molecule has 3 aromatic rings. The molecule has 3 aromatic carbocycles. The third kappa shape index (κ3) is 5.36. The Hall–Kier alpha value is -4.19. The fourth-order valence-electron chi connectivity index (χ4n) is 3.81. The maximum Gasteiger partial charge on any atom is 0.407 e. The third-order valence-electron chi connectivity index (χ3n) is 5.35. The van der Waals surface area contributed by atoms with Crippen LogP contribution in [0, 0.1) is 0 Å². The van der Waals surface area contributed by atoms with E-state index >= 15 is 0 Å². The molecule has 1 aliphatic carbocycles. The standard InChI is InChI=1S/C27H23NO5/c1-18(14-25(29)19-8-3-2-4-9-19)33-26(30)16-28-27(31)32-17-21-11-7-13-23-22-12-6-5-10-20(22)15-24(21)23/h2-14H,15-17H2,1H3,(H,28,31). The van der Waals surface area contributed by atoms with Gasteiger partial charge in [0.05, 0.1) is 0 Å². The molecule has 0 unspecified atom stereocenters. The average molecular weight is 441 g/mol. The Morgan fingerprint density at radius 1 is 0.909 bits per heavy atom. The summed E-state index contributed by atoms with van der Waals surface area (Å²) in [4.78, 5) is 36.2. The molecule has 1 amide bonds. The van der Waals surface area contributed by atoms with Crippen molar-refractivity contribution in [2.45, 2.75) is 20.0 Å². The Bertz CT molecular complexity index is 1230. The zero-order valence-corrected chi connectivity index (χ0v) is 18.2. The zero-order valence-electron chi connectivity index (χ0n) is 18.2. The van der Waals surface area contributed by atoms with Crippen LogP contribution in [0.1, 0.15) is 34.0 Å². The number of esters is 1. The highest BCUT2D eigenvalue weighted by Crippen LogP contribution is 2.38. The van der Waals surface area contributed by atoms with Gasteiger partial charge in [0, 0.05) is 11.6 Å². The Morgan fingerprint density at radius 2 is 1.64 bits per heavy atom. The molecule has 1 aliphatic rings. The van der Waals surface area contributed by atoms with Crippen LogP contribution in [0.4, 0.5) is 4.79 Å². The molecular weight excluding hydrogens is 418 g/mol. The van der Waals surface area contributed by atoms with Crippen molar-refractivity contribution in [1.29, 1.82) is 0 Å². The molecule has 0 saturated carbocycles. The molecule has 0 heterocycles. The van der Waals surface area contributed by atoms with E-state index in [1.807, 2.05) is 30.3 Å². The van der Waals surface area contributed by atoms with Gasteiger partial charge in [0.1, 0.15) is 18.9 Å². The minimum atomic E-state index is -0.720. The molecule has 0 fully saturated rings. The number of fused-ring (bicyclic) bond motifs is 3. The molecule has 1 N–H and O–H groups in total. The molecule has 0 aliphatic heterocycles. The van der Waals surface area contributed by atoms with Crippen LogP contribution in [0.3, 0.4) is 0 Å². The fraction of sp³-hybridized carbons (Fsp3) is 0.148. The summed E-state index contributed by atoms with van der Waals surface area (Å²) in [6.45, 7) is 1.23. The SMILES string of the molecule is CC(=CC(=O)c1ccccc1)OC(=O)CNC(=O)OCc1cccc2c1Cc1ccccc1-2. The predicted octanol–water partition coefficient (Wildman–Crippen LogP) is 4.81. The summed E-state index contributed by atoms with van der Waals surface area (Å²) in [6.07, 6.45) is 1.31. The van der Waals surface area contributed by atoms with Gasteiger partial charge in [-0.2, -0.15) is 0 Å². The Morgan fingerprint density at radius 3 is 2.45 bits per heavy atom. The molecule has 0 atom stereocenters. The van der Waals surface area contributed by atoms with Crippen molar-refractivity contribution in [3.8, 4) is 11.1 Å². The number of carbonyl (C=O) groups is 3. The third-order valence-corrected chi connectivity index (χ3v) is 5.35. The molecule has 33 heavy (non-hydrogen) atoms. The van der Waals surface area contributed by atoms with Crippen molar-refractivity contribution < 1.29 is 23.9 Å². The summed E-state index contributed by atoms with van der Waals surface area (Å²) in [5, 5.41) is 2.38. The minimum Gasteiger partial charge on any atom is -0.445 e. The van der Waals surface area contributed by atoms with E-state index in [0.29, 0.717) is 5.56 Å². The number of ketones is 1. The maximum absolute atomic E-state index is 12.1. The number of amides is 1.